The molecular weight excluding hydrogens is 234 g/mol. The lowest BCUT2D eigenvalue weighted by atomic mass is 10.1. The van der Waals surface area contributed by atoms with E-state index >= 15 is 0 Å². The van der Waals surface area contributed by atoms with Crippen LogP contribution in [0, 0.1) is 0 Å². The zero-order chi connectivity index (χ0) is 13.1. The molecule has 0 saturated carbocycles. The molecule has 0 aliphatic rings. The molecule has 4 N–H and O–H groups in total. The molecule has 0 aliphatic carbocycles. The fourth-order valence-electron chi connectivity index (χ4n) is 1.55. The van der Waals surface area contributed by atoms with E-state index in [1.54, 1.807) is 6.07 Å². The summed E-state index contributed by atoms with van der Waals surface area (Å²) in [5.74, 6) is -0.822. The number of aromatic hydroxyl groups is 2. The number of aromatic amines is 1. The Labute approximate surface area is 103 Å². The highest BCUT2D eigenvalue weighted by molar-refractivity contribution is 6.07. The Balaban J connectivity index is 2.22. The molecule has 0 bridgehead atoms. The highest BCUT2D eigenvalue weighted by Crippen LogP contribution is 2.26. The van der Waals surface area contributed by atoms with Gasteiger partial charge < -0.3 is 15.5 Å². The number of carbonyl (C=O) groups excluding carboxylic acids is 1. The predicted octanol–water partition coefficient (Wildman–Crippen LogP) is 1.64. The summed E-state index contributed by atoms with van der Waals surface area (Å²) in [6.45, 7) is 1.95. The minimum atomic E-state index is -0.611. The van der Waals surface area contributed by atoms with Crippen LogP contribution in [0.25, 0.3) is 0 Å². The monoisotopic (exact) mass is 247 g/mol. The van der Waals surface area contributed by atoms with Crippen LogP contribution in [0.5, 0.6) is 11.5 Å². The topological polar surface area (TPSA) is 98.2 Å². The van der Waals surface area contributed by atoms with Crippen molar-refractivity contribution in [3.8, 4) is 11.5 Å². The highest BCUT2D eigenvalue weighted by Gasteiger charge is 2.16. The highest BCUT2D eigenvalue weighted by atomic mass is 16.3. The second kappa shape index (κ2) is 4.79. The molecule has 2 aromatic rings. The van der Waals surface area contributed by atoms with Crippen LogP contribution in [0.3, 0.4) is 0 Å². The van der Waals surface area contributed by atoms with Crippen molar-refractivity contribution < 1.29 is 15.0 Å². The number of phenols is 2. The Morgan fingerprint density at radius 1 is 1.39 bits per heavy atom. The number of benzene rings is 1. The molecule has 0 aliphatic heterocycles. The van der Waals surface area contributed by atoms with Gasteiger partial charge in [0.1, 0.15) is 17.1 Å². The number of aryl methyl sites for hydroxylation is 1. The summed E-state index contributed by atoms with van der Waals surface area (Å²) < 4.78 is 0. The molecule has 0 atom stereocenters. The van der Waals surface area contributed by atoms with Crippen LogP contribution in [0.4, 0.5) is 5.82 Å². The second-order valence-electron chi connectivity index (χ2n) is 3.76. The number of H-pyrrole nitrogens is 1. The van der Waals surface area contributed by atoms with E-state index < -0.39 is 5.91 Å². The third-order valence-electron chi connectivity index (χ3n) is 2.50. The van der Waals surface area contributed by atoms with Crippen molar-refractivity contribution in [3.63, 3.8) is 0 Å². The fourth-order valence-corrected chi connectivity index (χ4v) is 1.55. The van der Waals surface area contributed by atoms with Crippen LogP contribution in [0.15, 0.2) is 24.3 Å². The van der Waals surface area contributed by atoms with Gasteiger partial charge in [-0.2, -0.15) is 5.10 Å². The normalized spacial score (nSPS) is 10.3. The zero-order valence-corrected chi connectivity index (χ0v) is 9.77. The van der Waals surface area contributed by atoms with Gasteiger partial charge in [-0.05, 0) is 18.6 Å². The molecule has 0 spiro atoms. The fraction of sp³-hybridized carbons (Fsp3) is 0.167. The van der Waals surface area contributed by atoms with Gasteiger partial charge in [-0.3, -0.25) is 9.89 Å². The van der Waals surface area contributed by atoms with E-state index in [0.717, 1.165) is 12.1 Å². The lowest BCUT2D eigenvalue weighted by Gasteiger charge is -2.06. The van der Waals surface area contributed by atoms with Crippen LogP contribution >= 0.6 is 0 Å². The Hall–Kier alpha value is -2.50. The number of carbonyl (C=O) groups is 1. The molecule has 1 amide bonds. The van der Waals surface area contributed by atoms with Crippen LogP contribution in [-0.4, -0.2) is 26.3 Å². The van der Waals surface area contributed by atoms with E-state index in [-0.39, 0.29) is 17.1 Å². The number of hydrogen-bond donors (Lipinski definition) is 4. The van der Waals surface area contributed by atoms with E-state index in [2.05, 4.69) is 15.5 Å². The number of anilines is 1. The van der Waals surface area contributed by atoms with Crippen molar-refractivity contribution in [2.75, 3.05) is 5.32 Å². The molecule has 0 saturated heterocycles. The molecule has 0 unspecified atom stereocenters. The molecule has 94 valence electrons. The summed E-state index contributed by atoms with van der Waals surface area (Å²) >= 11 is 0. The van der Waals surface area contributed by atoms with Gasteiger partial charge in [-0.1, -0.05) is 13.0 Å². The number of nitrogens with zero attached hydrogens (tertiary/aromatic N) is 1. The first-order valence-electron chi connectivity index (χ1n) is 5.48. The standard InChI is InChI=1S/C12H13N3O3/c1-2-7-6-10(15-14-7)13-12(18)11-8(16)4-3-5-9(11)17/h3-6,16-17H,2H2,1H3,(H2,13,14,15,18). The molecule has 1 aromatic carbocycles. The maximum atomic E-state index is 11.9. The third kappa shape index (κ3) is 2.27. The van der Waals surface area contributed by atoms with Gasteiger partial charge in [-0.25, -0.2) is 0 Å². The van der Waals surface area contributed by atoms with Gasteiger partial charge in [-0.15, -0.1) is 0 Å². The zero-order valence-electron chi connectivity index (χ0n) is 9.77. The maximum Gasteiger partial charge on any atom is 0.264 e. The molecule has 6 nitrogen and oxygen atoms in total. The van der Waals surface area contributed by atoms with Crippen LogP contribution in [0.1, 0.15) is 23.0 Å². The van der Waals surface area contributed by atoms with Crippen LogP contribution in [-0.2, 0) is 6.42 Å². The van der Waals surface area contributed by atoms with Gasteiger partial charge in [0.05, 0.1) is 0 Å². The molecule has 1 heterocycles. The van der Waals surface area contributed by atoms with Gasteiger partial charge in [0.25, 0.3) is 5.91 Å². The Bertz CT molecular complexity index is 557. The number of phenolic OH excluding ortho intramolecular Hbond substituents is 2. The van der Waals surface area contributed by atoms with Gasteiger partial charge in [0.2, 0.25) is 0 Å². The summed E-state index contributed by atoms with van der Waals surface area (Å²) in [4.78, 5) is 11.9. The van der Waals surface area contributed by atoms with Crippen molar-refractivity contribution >= 4 is 11.7 Å². The van der Waals surface area contributed by atoms with Crippen LogP contribution < -0.4 is 5.32 Å². The van der Waals surface area contributed by atoms with Gasteiger partial charge in [0, 0.05) is 11.8 Å². The molecule has 6 heteroatoms. The average Bonchev–Trinajstić information content (AvgIpc) is 2.76. The Kier molecular flexibility index (Phi) is 3.18. The van der Waals surface area contributed by atoms with Crippen molar-refractivity contribution in [2.45, 2.75) is 13.3 Å². The van der Waals surface area contributed by atoms with Crippen LogP contribution in [0.2, 0.25) is 0 Å². The van der Waals surface area contributed by atoms with Gasteiger partial charge in [0.15, 0.2) is 5.82 Å². The molecule has 0 radical (unpaired) electrons. The first-order valence-corrected chi connectivity index (χ1v) is 5.48. The summed E-state index contributed by atoms with van der Waals surface area (Å²) in [7, 11) is 0. The number of amides is 1. The number of hydrogen-bond acceptors (Lipinski definition) is 4. The van der Waals surface area contributed by atoms with E-state index in [4.69, 9.17) is 0 Å². The second-order valence-corrected chi connectivity index (χ2v) is 3.76. The lowest BCUT2D eigenvalue weighted by molar-refractivity contribution is 0.102. The van der Waals surface area contributed by atoms with E-state index in [1.807, 2.05) is 6.92 Å². The molecule has 2 rings (SSSR count). The van der Waals surface area contributed by atoms with Crippen molar-refractivity contribution in [1.82, 2.24) is 10.2 Å². The quantitative estimate of drug-likeness (QED) is 0.662. The summed E-state index contributed by atoms with van der Waals surface area (Å²) in [5, 5.41) is 28.2. The first-order chi connectivity index (χ1) is 8.61. The summed E-state index contributed by atoms with van der Waals surface area (Å²) in [6.07, 6.45) is 0.769. The molecule has 1 aromatic heterocycles. The minimum Gasteiger partial charge on any atom is -0.507 e. The summed E-state index contributed by atoms with van der Waals surface area (Å²) in [5.41, 5.74) is 0.713. The number of aromatic nitrogens is 2. The van der Waals surface area contributed by atoms with E-state index in [0.29, 0.717) is 5.82 Å². The smallest absolute Gasteiger partial charge is 0.264 e. The van der Waals surface area contributed by atoms with Crippen molar-refractivity contribution in [3.05, 3.63) is 35.5 Å². The Morgan fingerprint density at radius 2 is 2.06 bits per heavy atom. The van der Waals surface area contributed by atoms with E-state index in [1.165, 1.54) is 18.2 Å². The number of nitrogens with one attached hydrogen (secondary N) is 2. The van der Waals surface area contributed by atoms with Gasteiger partial charge >= 0.3 is 0 Å². The molecule has 18 heavy (non-hydrogen) atoms. The Morgan fingerprint density at radius 3 is 2.61 bits per heavy atom. The minimum absolute atomic E-state index is 0.168. The lowest BCUT2D eigenvalue weighted by Crippen LogP contribution is -2.12. The average molecular weight is 247 g/mol. The van der Waals surface area contributed by atoms with E-state index in [9.17, 15) is 15.0 Å². The largest absolute Gasteiger partial charge is 0.507 e. The van der Waals surface area contributed by atoms with Crippen molar-refractivity contribution in [2.24, 2.45) is 0 Å². The third-order valence-corrected chi connectivity index (χ3v) is 2.50. The predicted molar refractivity (Wildman–Crippen MR) is 65.7 cm³/mol. The molecule has 0 fully saturated rings. The maximum absolute atomic E-state index is 11.9. The SMILES string of the molecule is CCc1cc(NC(=O)c2c(O)cccc2O)n[nH]1. The summed E-state index contributed by atoms with van der Waals surface area (Å²) in [6, 6.07) is 5.80. The van der Waals surface area contributed by atoms with Crippen molar-refractivity contribution in [1.29, 1.82) is 0 Å². The molecular formula is C12H13N3O3. The first kappa shape index (κ1) is 12.0. The number of rotatable bonds is 3.